The number of piperazine rings is 1. The molecule has 0 saturated carbocycles. The second-order valence-corrected chi connectivity index (χ2v) is 7.76. The van der Waals surface area contributed by atoms with Gasteiger partial charge in [-0.25, -0.2) is 9.67 Å². The summed E-state index contributed by atoms with van der Waals surface area (Å²) in [4.78, 5) is 37.4. The third-order valence-electron chi connectivity index (χ3n) is 5.51. The zero-order valence-electron chi connectivity index (χ0n) is 18.2. The van der Waals surface area contributed by atoms with Gasteiger partial charge in [-0.15, -0.1) is 0 Å². The minimum absolute atomic E-state index is 0.0307. The lowest BCUT2D eigenvalue weighted by atomic mass is 10.1. The first-order valence-corrected chi connectivity index (χ1v) is 10.7. The van der Waals surface area contributed by atoms with E-state index < -0.39 is 0 Å². The molecule has 31 heavy (non-hydrogen) atoms. The summed E-state index contributed by atoms with van der Waals surface area (Å²) in [6.07, 6.45) is 2.41. The van der Waals surface area contributed by atoms with Gasteiger partial charge in [0, 0.05) is 38.3 Å². The van der Waals surface area contributed by atoms with Crippen LogP contribution >= 0.6 is 0 Å². The number of carbonyl (C=O) groups is 1. The van der Waals surface area contributed by atoms with Gasteiger partial charge in [0.1, 0.15) is 17.0 Å². The highest BCUT2D eigenvalue weighted by atomic mass is 16.5. The lowest BCUT2D eigenvalue weighted by Crippen LogP contribution is -2.47. The van der Waals surface area contributed by atoms with Crippen molar-refractivity contribution in [1.29, 1.82) is 0 Å². The van der Waals surface area contributed by atoms with E-state index in [0.717, 1.165) is 19.5 Å². The number of fused-ring (bicyclic) bond motifs is 1. The predicted molar refractivity (Wildman–Crippen MR) is 118 cm³/mol. The maximum Gasteiger partial charge on any atom is 0.262 e. The zero-order valence-corrected chi connectivity index (χ0v) is 18.2. The van der Waals surface area contributed by atoms with Crippen LogP contribution < -0.4 is 10.3 Å². The molecule has 0 atom stereocenters. The molecule has 1 fully saturated rings. The normalized spacial score (nSPS) is 14.9. The standard InChI is InChI=1S/C22H28N6O3/c1-4-8-28-20-17(14-23-28)21(29)25-19(24-20)16-13-15(6-7-18(16)31-5-2)22(30)27-11-9-26(3)10-12-27/h6-7,13-14H,4-5,8-12H2,1-3H3,(H,24,25,29). The van der Waals surface area contributed by atoms with Gasteiger partial charge in [0.05, 0.1) is 18.4 Å². The number of carbonyl (C=O) groups excluding carboxylic acids is 1. The van der Waals surface area contributed by atoms with Crippen LogP contribution in [0, 0.1) is 0 Å². The zero-order chi connectivity index (χ0) is 22.0. The van der Waals surface area contributed by atoms with E-state index in [2.05, 4.69) is 27.0 Å². The van der Waals surface area contributed by atoms with Gasteiger partial charge in [0.25, 0.3) is 11.5 Å². The monoisotopic (exact) mass is 424 g/mol. The van der Waals surface area contributed by atoms with Gasteiger partial charge in [-0.1, -0.05) is 6.92 Å². The summed E-state index contributed by atoms with van der Waals surface area (Å²) in [6, 6.07) is 5.30. The number of ether oxygens (including phenoxy) is 1. The number of aromatic amines is 1. The molecule has 1 saturated heterocycles. The maximum absolute atomic E-state index is 13.1. The van der Waals surface area contributed by atoms with Crippen LogP contribution in [0.1, 0.15) is 30.6 Å². The first-order valence-electron chi connectivity index (χ1n) is 10.7. The number of likely N-dealkylation sites (N-methyl/N-ethyl adjacent to an activating group) is 1. The lowest BCUT2D eigenvalue weighted by molar-refractivity contribution is 0.0664. The van der Waals surface area contributed by atoms with Gasteiger partial charge in [-0.05, 0) is 38.6 Å². The molecule has 3 heterocycles. The maximum atomic E-state index is 13.1. The summed E-state index contributed by atoms with van der Waals surface area (Å²) in [6.45, 7) is 8.14. The van der Waals surface area contributed by atoms with Crippen molar-refractivity contribution < 1.29 is 9.53 Å². The fourth-order valence-electron chi connectivity index (χ4n) is 3.79. The molecule has 2 aromatic heterocycles. The van der Waals surface area contributed by atoms with Gasteiger partial charge < -0.3 is 19.5 Å². The van der Waals surface area contributed by atoms with Crippen molar-refractivity contribution in [2.24, 2.45) is 0 Å². The van der Waals surface area contributed by atoms with Gasteiger partial charge in [-0.2, -0.15) is 5.10 Å². The largest absolute Gasteiger partial charge is 0.493 e. The van der Waals surface area contributed by atoms with Crippen LogP contribution in [0.5, 0.6) is 5.75 Å². The first-order chi connectivity index (χ1) is 15.0. The molecule has 0 unspecified atom stereocenters. The minimum atomic E-state index is -0.263. The molecule has 0 bridgehead atoms. The van der Waals surface area contributed by atoms with Crippen LogP contribution in [0.4, 0.5) is 0 Å². The SMILES string of the molecule is CCCn1ncc2c(=O)[nH]c(-c3cc(C(=O)N4CCN(C)CC4)ccc3OCC)nc21. The molecule has 0 radical (unpaired) electrons. The highest BCUT2D eigenvalue weighted by molar-refractivity contribution is 5.96. The summed E-state index contributed by atoms with van der Waals surface area (Å²) >= 11 is 0. The molecule has 3 aromatic rings. The third kappa shape index (κ3) is 4.18. The van der Waals surface area contributed by atoms with E-state index in [1.54, 1.807) is 22.9 Å². The molecular formula is C22H28N6O3. The Labute approximate surface area is 180 Å². The number of aryl methyl sites for hydroxylation is 1. The van der Waals surface area contributed by atoms with E-state index >= 15 is 0 Å². The molecule has 1 amide bonds. The summed E-state index contributed by atoms with van der Waals surface area (Å²) in [7, 11) is 2.05. The second kappa shape index (κ2) is 8.89. The van der Waals surface area contributed by atoms with Crippen LogP contribution in [-0.2, 0) is 6.54 Å². The van der Waals surface area contributed by atoms with Gasteiger partial charge in [0.2, 0.25) is 0 Å². The highest BCUT2D eigenvalue weighted by Gasteiger charge is 2.22. The summed E-state index contributed by atoms with van der Waals surface area (Å²) in [5.41, 5.74) is 1.40. The first kappa shape index (κ1) is 21.0. The Kier molecular flexibility index (Phi) is 6.03. The van der Waals surface area contributed by atoms with Crippen LogP contribution in [-0.4, -0.2) is 75.3 Å². The smallest absolute Gasteiger partial charge is 0.262 e. The Morgan fingerprint density at radius 3 is 2.68 bits per heavy atom. The Bertz CT molecular complexity index is 1140. The fraction of sp³-hybridized carbons (Fsp3) is 0.455. The molecular weight excluding hydrogens is 396 g/mol. The number of nitrogens with zero attached hydrogens (tertiary/aromatic N) is 5. The summed E-state index contributed by atoms with van der Waals surface area (Å²) < 4.78 is 7.51. The minimum Gasteiger partial charge on any atom is -0.493 e. The van der Waals surface area contributed by atoms with Crippen molar-refractivity contribution in [3.8, 4) is 17.1 Å². The van der Waals surface area contributed by atoms with Crippen molar-refractivity contribution in [2.45, 2.75) is 26.8 Å². The molecule has 1 aliphatic heterocycles. The van der Waals surface area contributed by atoms with E-state index in [1.165, 1.54) is 6.20 Å². The van der Waals surface area contributed by atoms with Crippen LogP contribution in [0.3, 0.4) is 0 Å². The van der Waals surface area contributed by atoms with Crippen molar-refractivity contribution >= 4 is 16.9 Å². The fourth-order valence-corrected chi connectivity index (χ4v) is 3.79. The average Bonchev–Trinajstić information content (AvgIpc) is 3.18. The molecule has 0 spiro atoms. The van der Waals surface area contributed by atoms with E-state index in [1.807, 2.05) is 18.7 Å². The Hall–Kier alpha value is -3.20. The molecule has 1 aliphatic rings. The molecule has 9 nitrogen and oxygen atoms in total. The highest BCUT2D eigenvalue weighted by Crippen LogP contribution is 2.30. The predicted octanol–water partition coefficient (Wildman–Crippen LogP) is 1.98. The van der Waals surface area contributed by atoms with Crippen molar-refractivity contribution in [2.75, 3.05) is 39.8 Å². The lowest BCUT2D eigenvalue weighted by Gasteiger charge is -2.32. The second-order valence-electron chi connectivity index (χ2n) is 7.76. The number of H-pyrrole nitrogens is 1. The number of rotatable bonds is 6. The quantitative estimate of drug-likeness (QED) is 0.650. The van der Waals surface area contributed by atoms with E-state index in [4.69, 9.17) is 4.74 Å². The Balaban J connectivity index is 1.77. The van der Waals surface area contributed by atoms with Crippen molar-refractivity contribution in [3.63, 3.8) is 0 Å². The van der Waals surface area contributed by atoms with Gasteiger partial charge in [-0.3, -0.25) is 9.59 Å². The molecule has 4 rings (SSSR count). The van der Waals surface area contributed by atoms with E-state index in [9.17, 15) is 9.59 Å². The van der Waals surface area contributed by atoms with Gasteiger partial charge in [0.15, 0.2) is 5.65 Å². The summed E-state index contributed by atoms with van der Waals surface area (Å²) in [5, 5.41) is 4.73. The van der Waals surface area contributed by atoms with Crippen molar-refractivity contribution in [3.05, 3.63) is 40.3 Å². The molecule has 1 N–H and O–H groups in total. The summed E-state index contributed by atoms with van der Waals surface area (Å²) in [5.74, 6) is 0.908. The number of benzene rings is 1. The average molecular weight is 425 g/mol. The van der Waals surface area contributed by atoms with Gasteiger partial charge >= 0.3 is 0 Å². The topological polar surface area (TPSA) is 96.3 Å². The number of amides is 1. The van der Waals surface area contributed by atoms with Crippen LogP contribution in [0.25, 0.3) is 22.4 Å². The van der Waals surface area contributed by atoms with Crippen molar-refractivity contribution in [1.82, 2.24) is 29.5 Å². The Morgan fingerprint density at radius 1 is 1.19 bits per heavy atom. The van der Waals surface area contributed by atoms with E-state index in [0.29, 0.717) is 60.0 Å². The molecule has 164 valence electrons. The number of nitrogens with one attached hydrogen (secondary N) is 1. The van der Waals surface area contributed by atoms with Crippen LogP contribution in [0.2, 0.25) is 0 Å². The Morgan fingerprint density at radius 2 is 1.97 bits per heavy atom. The van der Waals surface area contributed by atoms with Crippen LogP contribution in [0.15, 0.2) is 29.2 Å². The molecule has 9 heteroatoms. The third-order valence-corrected chi connectivity index (χ3v) is 5.51. The van der Waals surface area contributed by atoms with E-state index in [-0.39, 0.29) is 11.5 Å². The molecule has 1 aromatic carbocycles. The number of hydrogen-bond donors (Lipinski definition) is 1. The number of aromatic nitrogens is 4. The molecule has 0 aliphatic carbocycles. The number of hydrogen-bond acceptors (Lipinski definition) is 6.